The number of ether oxygens (including phenoxy) is 2. The Balaban J connectivity index is 1.84. The Kier molecular flexibility index (Phi) is 3.46. The lowest BCUT2D eigenvalue weighted by Gasteiger charge is -2.14. The largest absolute Gasteiger partial charge is 0.465 e. The van der Waals surface area contributed by atoms with Crippen molar-refractivity contribution in [1.82, 2.24) is 0 Å². The van der Waals surface area contributed by atoms with E-state index in [1.807, 2.05) is 19.1 Å². The van der Waals surface area contributed by atoms with Gasteiger partial charge in [0.05, 0.1) is 12.7 Å². The lowest BCUT2D eigenvalue weighted by molar-refractivity contribution is -0.0850. The maximum absolute atomic E-state index is 11.4. The minimum absolute atomic E-state index is 0.00561. The number of aliphatic hydroxyl groups excluding tert-OH is 1. The molecule has 1 aliphatic rings. The van der Waals surface area contributed by atoms with Gasteiger partial charge in [0.25, 0.3) is 0 Å². The lowest BCUT2D eigenvalue weighted by atomic mass is 10.1. The summed E-state index contributed by atoms with van der Waals surface area (Å²) < 4.78 is 16.4. The van der Waals surface area contributed by atoms with Crippen LogP contribution in [-0.2, 0) is 4.74 Å². The SMILES string of the molecule is Cc1cc(=O)oc2cc(O[C@H]3CC[C@@H](CO)O3)ccc12. The van der Waals surface area contributed by atoms with Crippen molar-refractivity contribution in [2.45, 2.75) is 32.2 Å². The molecule has 1 N–H and O–H groups in total. The highest BCUT2D eigenvalue weighted by Gasteiger charge is 2.26. The van der Waals surface area contributed by atoms with Gasteiger partial charge in [-0.1, -0.05) is 0 Å². The molecule has 0 aliphatic carbocycles. The van der Waals surface area contributed by atoms with Gasteiger partial charge in [0.1, 0.15) is 11.3 Å². The van der Waals surface area contributed by atoms with Gasteiger partial charge >= 0.3 is 5.63 Å². The van der Waals surface area contributed by atoms with E-state index in [2.05, 4.69) is 0 Å². The maximum Gasteiger partial charge on any atom is 0.336 e. The standard InChI is InChI=1S/C15H16O5/c1-9-6-14(17)20-13-7-10(2-4-12(9)13)18-15-5-3-11(8-16)19-15/h2,4,6-7,11,15-16H,3,5,8H2,1H3/t11-,15+/m0/s1. The van der Waals surface area contributed by atoms with E-state index >= 15 is 0 Å². The monoisotopic (exact) mass is 276 g/mol. The van der Waals surface area contributed by atoms with Gasteiger partial charge < -0.3 is 19.0 Å². The normalized spacial score (nSPS) is 22.3. The highest BCUT2D eigenvalue weighted by atomic mass is 16.7. The van der Waals surface area contributed by atoms with Gasteiger partial charge in [0, 0.05) is 23.9 Å². The third-order valence-corrected chi connectivity index (χ3v) is 3.46. The van der Waals surface area contributed by atoms with E-state index in [1.54, 1.807) is 6.07 Å². The number of aryl methyl sites for hydroxylation is 1. The van der Waals surface area contributed by atoms with E-state index in [0.717, 1.165) is 23.8 Å². The summed E-state index contributed by atoms with van der Waals surface area (Å²) >= 11 is 0. The molecule has 20 heavy (non-hydrogen) atoms. The third kappa shape index (κ3) is 2.55. The fraction of sp³-hybridized carbons (Fsp3) is 0.400. The minimum Gasteiger partial charge on any atom is -0.465 e. The van der Waals surface area contributed by atoms with Crippen molar-refractivity contribution in [2.24, 2.45) is 0 Å². The second-order valence-electron chi connectivity index (χ2n) is 4.97. The molecule has 0 saturated carbocycles. The first kappa shape index (κ1) is 13.1. The first-order valence-electron chi connectivity index (χ1n) is 6.63. The Morgan fingerprint density at radius 3 is 2.95 bits per heavy atom. The molecule has 1 aromatic heterocycles. The summed E-state index contributed by atoms with van der Waals surface area (Å²) in [6.45, 7) is 1.87. The molecule has 3 rings (SSSR count). The first-order valence-corrected chi connectivity index (χ1v) is 6.63. The lowest BCUT2D eigenvalue weighted by Crippen LogP contribution is -2.19. The van der Waals surface area contributed by atoms with Crippen LogP contribution in [0, 0.1) is 6.92 Å². The van der Waals surface area contributed by atoms with Crippen molar-refractivity contribution in [2.75, 3.05) is 6.61 Å². The second kappa shape index (κ2) is 5.26. The third-order valence-electron chi connectivity index (χ3n) is 3.46. The van der Waals surface area contributed by atoms with Crippen LogP contribution in [0.4, 0.5) is 0 Å². The van der Waals surface area contributed by atoms with Crippen molar-refractivity contribution < 1.29 is 19.0 Å². The van der Waals surface area contributed by atoms with Gasteiger partial charge in [-0.15, -0.1) is 0 Å². The van der Waals surface area contributed by atoms with Crippen LogP contribution >= 0.6 is 0 Å². The molecule has 2 aromatic rings. The molecule has 106 valence electrons. The van der Waals surface area contributed by atoms with Gasteiger partial charge in [-0.2, -0.15) is 0 Å². The highest BCUT2D eigenvalue weighted by Crippen LogP contribution is 2.26. The molecule has 0 radical (unpaired) electrons. The highest BCUT2D eigenvalue weighted by molar-refractivity contribution is 5.81. The molecule has 1 aromatic carbocycles. The molecule has 0 amide bonds. The Morgan fingerprint density at radius 1 is 1.35 bits per heavy atom. The molecule has 0 unspecified atom stereocenters. The number of aliphatic hydroxyl groups is 1. The van der Waals surface area contributed by atoms with E-state index in [1.165, 1.54) is 6.07 Å². The summed E-state index contributed by atoms with van der Waals surface area (Å²) in [5, 5.41) is 9.91. The molecular weight excluding hydrogens is 260 g/mol. The zero-order valence-corrected chi connectivity index (χ0v) is 11.2. The molecule has 0 spiro atoms. The fourth-order valence-corrected chi connectivity index (χ4v) is 2.42. The van der Waals surface area contributed by atoms with E-state index in [9.17, 15) is 4.79 Å². The van der Waals surface area contributed by atoms with Crippen molar-refractivity contribution in [3.8, 4) is 5.75 Å². The Labute approximate surface area is 115 Å². The minimum atomic E-state index is -0.371. The van der Waals surface area contributed by atoms with Gasteiger partial charge in [-0.25, -0.2) is 4.79 Å². The Bertz CT molecular complexity index is 676. The van der Waals surface area contributed by atoms with E-state index in [-0.39, 0.29) is 24.6 Å². The van der Waals surface area contributed by atoms with Crippen LogP contribution in [0.2, 0.25) is 0 Å². The smallest absolute Gasteiger partial charge is 0.336 e. The predicted octanol–water partition coefficient (Wildman–Crippen LogP) is 1.98. The summed E-state index contributed by atoms with van der Waals surface area (Å²) in [6.07, 6.45) is 1.01. The van der Waals surface area contributed by atoms with Crippen LogP contribution in [0.15, 0.2) is 33.5 Å². The Morgan fingerprint density at radius 2 is 2.20 bits per heavy atom. The van der Waals surface area contributed by atoms with E-state index in [0.29, 0.717) is 11.3 Å². The van der Waals surface area contributed by atoms with E-state index < -0.39 is 0 Å². The topological polar surface area (TPSA) is 68.9 Å². The molecule has 5 nitrogen and oxygen atoms in total. The maximum atomic E-state index is 11.4. The van der Waals surface area contributed by atoms with Crippen molar-refractivity contribution in [1.29, 1.82) is 0 Å². The predicted molar refractivity (Wildman–Crippen MR) is 72.8 cm³/mol. The summed E-state index contributed by atoms with van der Waals surface area (Å²) in [6, 6.07) is 6.85. The molecule has 0 bridgehead atoms. The van der Waals surface area contributed by atoms with Crippen molar-refractivity contribution in [3.05, 3.63) is 40.2 Å². The van der Waals surface area contributed by atoms with Crippen LogP contribution in [0.25, 0.3) is 11.0 Å². The molecule has 1 saturated heterocycles. The zero-order chi connectivity index (χ0) is 14.1. The summed E-state index contributed by atoms with van der Waals surface area (Å²) in [4.78, 5) is 11.4. The van der Waals surface area contributed by atoms with Gasteiger partial charge in [-0.05, 0) is 31.0 Å². The molecule has 1 aliphatic heterocycles. The molecule has 2 heterocycles. The molecular formula is C15H16O5. The van der Waals surface area contributed by atoms with Gasteiger partial charge in [-0.3, -0.25) is 0 Å². The van der Waals surface area contributed by atoms with Crippen LogP contribution < -0.4 is 10.4 Å². The molecule has 5 heteroatoms. The van der Waals surface area contributed by atoms with Crippen LogP contribution in [0.3, 0.4) is 0 Å². The quantitative estimate of drug-likeness (QED) is 0.868. The van der Waals surface area contributed by atoms with Crippen LogP contribution in [-0.4, -0.2) is 24.1 Å². The number of fused-ring (bicyclic) bond motifs is 1. The summed E-state index contributed by atoms with van der Waals surface area (Å²) in [5.74, 6) is 0.592. The molecule has 1 fully saturated rings. The van der Waals surface area contributed by atoms with Crippen LogP contribution in [0.1, 0.15) is 18.4 Å². The Hall–Kier alpha value is -1.85. The number of rotatable bonds is 3. The fourth-order valence-electron chi connectivity index (χ4n) is 2.42. The van der Waals surface area contributed by atoms with Crippen molar-refractivity contribution >= 4 is 11.0 Å². The number of benzene rings is 1. The van der Waals surface area contributed by atoms with Gasteiger partial charge in [0.2, 0.25) is 0 Å². The zero-order valence-electron chi connectivity index (χ0n) is 11.2. The van der Waals surface area contributed by atoms with Crippen molar-refractivity contribution in [3.63, 3.8) is 0 Å². The number of hydrogen-bond acceptors (Lipinski definition) is 5. The van der Waals surface area contributed by atoms with Gasteiger partial charge in [0.15, 0.2) is 6.29 Å². The summed E-state index contributed by atoms with van der Waals surface area (Å²) in [7, 11) is 0. The average molecular weight is 276 g/mol. The van der Waals surface area contributed by atoms with Crippen LogP contribution in [0.5, 0.6) is 5.75 Å². The molecule has 2 atom stereocenters. The summed E-state index contributed by atoms with van der Waals surface area (Å²) in [5.41, 5.74) is 1.01. The average Bonchev–Trinajstić information content (AvgIpc) is 2.85. The van der Waals surface area contributed by atoms with E-state index in [4.69, 9.17) is 19.0 Å². The first-order chi connectivity index (χ1) is 9.65. The number of hydrogen-bond donors (Lipinski definition) is 1. The second-order valence-corrected chi connectivity index (χ2v) is 4.97.